The normalized spacial score (nSPS) is 9.65. The lowest BCUT2D eigenvalue weighted by atomic mass is 10.4. The van der Waals surface area contributed by atoms with E-state index in [0.717, 1.165) is 12.2 Å². The molecule has 0 saturated carbocycles. The monoisotopic (exact) mass is 246 g/mol. The van der Waals surface area contributed by atoms with Crippen LogP contribution in [0.25, 0.3) is 0 Å². The van der Waals surface area contributed by atoms with E-state index in [1.165, 1.54) is 0 Å². The fraction of sp³-hybridized carbons (Fsp3) is 0.111. The van der Waals surface area contributed by atoms with Crippen LogP contribution in [0.5, 0.6) is 0 Å². The van der Waals surface area contributed by atoms with Crippen LogP contribution < -0.4 is 0 Å². The molecule has 8 nitrogen and oxygen atoms in total. The van der Waals surface area contributed by atoms with Crippen molar-refractivity contribution in [3.05, 3.63) is 24.3 Å². The minimum atomic E-state index is -1.26. The highest BCUT2D eigenvalue weighted by Gasteiger charge is 1.90. The number of hydrogen-bond acceptors (Lipinski definition) is 4. The predicted octanol–water partition coefficient (Wildman–Crippen LogP) is -0.186. The lowest BCUT2D eigenvalue weighted by Crippen LogP contribution is -1.92. The van der Waals surface area contributed by atoms with Crippen molar-refractivity contribution in [2.24, 2.45) is 0 Å². The molecule has 0 aromatic heterocycles. The Bertz CT molecular complexity index is 336. The number of hydrogen-bond donors (Lipinski definition) is 4. The summed E-state index contributed by atoms with van der Waals surface area (Å²) in [5, 5.41) is 31.6. The number of aliphatic carboxylic acids is 4. The maximum absolute atomic E-state index is 9.74. The van der Waals surface area contributed by atoms with E-state index in [1.54, 1.807) is 0 Å². The molecule has 0 rings (SSSR count). The van der Waals surface area contributed by atoms with Crippen molar-refractivity contribution < 1.29 is 39.6 Å². The summed E-state index contributed by atoms with van der Waals surface area (Å²) in [7, 11) is 0. The first kappa shape index (κ1) is 16.8. The van der Waals surface area contributed by atoms with Crippen LogP contribution in [0.2, 0.25) is 0 Å². The quantitative estimate of drug-likeness (QED) is 0.487. The van der Waals surface area contributed by atoms with Crippen LogP contribution in [0.3, 0.4) is 0 Å². The van der Waals surface area contributed by atoms with Crippen LogP contribution in [0, 0.1) is 0 Å². The summed E-state index contributed by atoms with van der Waals surface area (Å²) >= 11 is 0. The maximum Gasteiger partial charge on any atom is 0.328 e. The van der Waals surface area contributed by atoms with E-state index in [0.29, 0.717) is 12.2 Å². The van der Waals surface area contributed by atoms with Gasteiger partial charge in [0.25, 0.3) is 0 Å². The summed E-state index contributed by atoms with van der Waals surface area (Å²) < 4.78 is 0. The average molecular weight is 246 g/mol. The fourth-order valence-corrected chi connectivity index (χ4v) is 0.403. The number of carboxylic acids is 4. The minimum Gasteiger partial charge on any atom is -0.481 e. The molecule has 0 aromatic rings. The Morgan fingerprint density at radius 2 is 1.06 bits per heavy atom. The van der Waals surface area contributed by atoms with Gasteiger partial charge in [0.15, 0.2) is 0 Å². The van der Waals surface area contributed by atoms with Crippen LogP contribution in [0.1, 0.15) is 6.42 Å². The first-order valence-corrected chi connectivity index (χ1v) is 4.01. The standard InChI is InChI=1S/C5H6O4.C4H4O4/c6-4(7)2-1-3-5(8)9;5-3(6)1-2-4(7)8/h1-2H,3H2,(H,6,7)(H,8,9);1-2H,(H,5,6)(H,7,8). The third-order valence-corrected chi connectivity index (χ3v) is 0.921. The molecule has 17 heavy (non-hydrogen) atoms. The summed E-state index contributed by atoms with van der Waals surface area (Å²) in [5.74, 6) is -4.68. The zero-order valence-corrected chi connectivity index (χ0v) is 8.44. The van der Waals surface area contributed by atoms with Crippen LogP contribution in [-0.2, 0) is 19.2 Å². The van der Waals surface area contributed by atoms with Crippen LogP contribution >= 0.6 is 0 Å². The van der Waals surface area contributed by atoms with Gasteiger partial charge in [0.1, 0.15) is 0 Å². The van der Waals surface area contributed by atoms with Gasteiger partial charge in [-0.3, -0.25) is 4.79 Å². The first-order chi connectivity index (χ1) is 7.75. The van der Waals surface area contributed by atoms with Crippen molar-refractivity contribution in [3.8, 4) is 0 Å². The van der Waals surface area contributed by atoms with Gasteiger partial charge in [0.2, 0.25) is 0 Å². The van der Waals surface area contributed by atoms with Gasteiger partial charge in [-0.2, -0.15) is 0 Å². The molecule has 0 aliphatic rings. The fourth-order valence-electron chi connectivity index (χ4n) is 0.403. The van der Waals surface area contributed by atoms with Gasteiger partial charge in [-0.25, -0.2) is 14.4 Å². The predicted molar refractivity (Wildman–Crippen MR) is 53.4 cm³/mol. The third kappa shape index (κ3) is 24.7. The largest absolute Gasteiger partial charge is 0.481 e. The van der Waals surface area contributed by atoms with Gasteiger partial charge in [-0.1, -0.05) is 6.08 Å². The molecule has 0 heterocycles. The van der Waals surface area contributed by atoms with Gasteiger partial charge in [-0.05, 0) is 0 Å². The molecule has 0 spiro atoms. The second-order valence-electron chi connectivity index (χ2n) is 2.35. The summed E-state index contributed by atoms with van der Waals surface area (Å²) in [5.41, 5.74) is 0. The molecular weight excluding hydrogens is 236 g/mol. The number of rotatable bonds is 5. The maximum atomic E-state index is 9.74. The Morgan fingerprint density at radius 1 is 0.706 bits per heavy atom. The van der Waals surface area contributed by atoms with Gasteiger partial charge in [0, 0.05) is 18.2 Å². The van der Waals surface area contributed by atoms with E-state index in [1.807, 2.05) is 0 Å². The van der Waals surface area contributed by atoms with Crippen molar-refractivity contribution in [1.29, 1.82) is 0 Å². The van der Waals surface area contributed by atoms with Crippen LogP contribution in [0.4, 0.5) is 0 Å². The molecule has 0 fully saturated rings. The highest BCUT2D eigenvalue weighted by molar-refractivity contribution is 5.89. The summed E-state index contributed by atoms with van der Waals surface area (Å²) in [4.78, 5) is 38.5. The molecule has 4 N–H and O–H groups in total. The van der Waals surface area contributed by atoms with Crippen molar-refractivity contribution in [3.63, 3.8) is 0 Å². The van der Waals surface area contributed by atoms with Crippen molar-refractivity contribution in [2.45, 2.75) is 6.42 Å². The van der Waals surface area contributed by atoms with Gasteiger partial charge >= 0.3 is 23.9 Å². The van der Waals surface area contributed by atoms with Gasteiger partial charge < -0.3 is 20.4 Å². The SMILES string of the molecule is O=C(O)C=CC(=O)O.O=C(O)C=CCC(=O)O. The third-order valence-electron chi connectivity index (χ3n) is 0.921. The topological polar surface area (TPSA) is 149 Å². The number of carboxylic acid groups (broad SMARTS) is 4. The van der Waals surface area contributed by atoms with E-state index >= 15 is 0 Å². The van der Waals surface area contributed by atoms with Crippen LogP contribution in [0.15, 0.2) is 24.3 Å². The lowest BCUT2D eigenvalue weighted by molar-refractivity contribution is -0.136. The van der Waals surface area contributed by atoms with E-state index in [2.05, 4.69) is 0 Å². The molecule has 8 heteroatoms. The molecular formula is C9H10O8. The van der Waals surface area contributed by atoms with E-state index in [9.17, 15) is 19.2 Å². The van der Waals surface area contributed by atoms with Crippen LogP contribution in [-0.4, -0.2) is 44.3 Å². The average Bonchev–Trinajstić information content (AvgIpc) is 2.14. The Kier molecular flexibility index (Phi) is 9.77. The molecule has 0 aliphatic carbocycles. The molecule has 0 saturated heterocycles. The molecule has 0 unspecified atom stereocenters. The molecule has 0 bridgehead atoms. The highest BCUT2D eigenvalue weighted by atomic mass is 16.4. The molecule has 0 atom stereocenters. The second-order valence-corrected chi connectivity index (χ2v) is 2.35. The Labute approximate surface area is 95.1 Å². The first-order valence-electron chi connectivity index (χ1n) is 4.01. The van der Waals surface area contributed by atoms with Crippen molar-refractivity contribution >= 4 is 23.9 Å². The Hall–Kier alpha value is -2.64. The molecule has 94 valence electrons. The highest BCUT2D eigenvalue weighted by Crippen LogP contribution is 1.81. The summed E-state index contributed by atoms with van der Waals surface area (Å²) in [6, 6.07) is 0. The molecule has 0 aromatic carbocycles. The zero-order valence-electron chi connectivity index (χ0n) is 8.44. The van der Waals surface area contributed by atoms with Gasteiger partial charge in [0.05, 0.1) is 6.42 Å². The molecule has 0 aliphatic heterocycles. The van der Waals surface area contributed by atoms with Crippen molar-refractivity contribution in [1.82, 2.24) is 0 Å². The minimum absolute atomic E-state index is 0.244. The number of carbonyl (C=O) groups is 4. The summed E-state index contributed by atoms with van der Waals surface area (Å²) in [6.07, 6.45) is 2.75. The molecule has 0 amide bonds. The van der Waals surface area contributed by atoms with E-state index < -0.39 is 23.9 Å². The smallest absolute Gasteiger partial charge is 0.328 e. The van der Waals surface area contributed by atoms with Gasteiger partial charge in [-0.15, -0.1) is 0 Å². The van der Waals surface area contributed by atoms with E-state index in [4.69, 9.17) is 20.4 Å². The zero-order chi connectivity index (χ0) is 13.8. The molecule has 0 radical (unpaired) electrons. The lowest BCUT2D eigenvalue weighted by Gasteiger charge is -1.79. The Morgan fingerprint density at radius 3 is 1.29 bits per heavy atom. The van der Waals surface area contributed by atoms with E-state index in [-0.39, 0.29) is 6.42 Å². The second kappa shape index (κ2) is 9.90. The van der Waals surface area contributed by atoms with Crippen molar-refractivity contribution in [2.75, 3.05) is 0 Å². The Balaban J connectivity index is 0. The summed E-state index contributed by atoms with van der Waals surface area (Å²) in [6.45, 7) is 0.